The molecule has 0 saturated carbocycles. The van der Waals surface area contributed by atoms with Crippen LogP contribution >= 0.6 is 0 Å². The van der Waals surface area contributed by atoms with Gasteiger partial charge in [-0.25, -0.2) is 0 Å². The van der Waals surface area contributed by atoms with E-state index in [1.54, 1.807) is 0 Å². The van der Waals surface area contributed by atoms with E-state index in [9.17, 15) is 14.7 Å². The number of hydrogen-bond donors (Lipinski definition) is 1. The van der Waals surface area contributed by atoms with Gasteiger partial charge >= 0.3 is 11.9 Å². The van der Waals surface area contributed by atoms with E-state index in [1.807, 2.05) is 0 Å². The first-order valence-electron chi connectivity index (χ1n) is 24.7. The summed E-state index contributed by atoms with van der Waals surface area (Å²) in [7, 11) is 0. The number of carbonyl (C=O) groups is 2. The van der Waals surface area contributed by atoms with Gasteiger partial charge < -0.3 is 19.5 Å². The van der Waals surface area contributed by atoms with Crippen LogP contribution in [0.3, 0.4) is 0 Å². The smallest absolute Gasteiger partial charge is 0.311 e. The molecule has 56 heavy (non-hydrogen) atoms. The standard InChI is InChI=1S/C50H99NO5/c1-8-11-14-17-20-21-22-25-30-38-47(53)55-45-49(4,5)39-35-43-51(42-33-34-44-52)41-32-27-26-31-40-50(6,7)48(54)56-46(36-28-23-18-15-12-9-2)37-29-24-19-16-13-10-3/h46,52H,8-45H2,1-7H3. The lowest BCUT2D eigenvalue weighted by Gasteiger charge is -2.27. The lowest BCUT2D eigenvalue weighted by molar-refractivity contribution is -0.161. The highest BCUT2D eigenvalue weighted by molar-refractivity contribution is 5.76. The summed E-state index contributed by atoms with van der Waals surface area (Å²) in [5.41, 5.74) is -0.466. The van der Waals surface area contributed by atoms with Gasteiger partial charge in [0, 0.05) is 13.0 Å². The van der Waals surface area contributed by atoms with Crippen molar-refractivity contribution in [1.82, 2.24) is 4.90 Å². The van der Waals surface area contributed by atoms with E-state index in [1.165, 1.54) is 128 Å². The summed E-state index contributed by atoms with van der Waals surface area (Å²) >= 11 is 0. The zero-order valence-electron chi connectivity index (χ0n) is 39.0. The Bertz CT molecular complexity index is 858. The van der Waals surface area contributed by atoms with Crippen LogP contribution in [0, 0.1) is 10.8 Å². The Kier molecular flexibility index (Phi) is 37.3. The number of aliphatic hydroxyl groups excluding tert-OH is 1. The molecule has 0 spiro atoms. The van der Waals surface area contributed by atoms with Crippen molar-refractivity contribution < 1.29 is 24.2 Å². The Labute approximate surface area is 350 Å². The van der Waals surface area contributed by atoms with E-state index < -0.39 is 5.41 Å². The number of aliphatic hydroxyl groups is 1. The molecule has 0 aliphatic heterocycles. The molecule has 6 nitrogen and oxygen atoms in total. The lowest BCUT2D eigenvalue weighted by Crippen LogP contribution is -2.31. The van der Waals surface area contributed by atoms with Crippen LogP contribution in [-0.2, 0) is 19.1 Å². The molecule has 0 radical (unpaired) electrons. The minimum Gasteiger partial charge on any atom is -0.465 e. The first kappa shape index (κ1) is 54.9. The molecule has 0 aromatic carbocycles. The Balaban J connectivity index is 4.54. The number of carbonyl (C=O) groups excluding carboxylic acids is 2. The molecular formula is C50H99NO5. The molecule has 6 heteroatoms. The second-order valence-corrected chi connectivity index (χ2v) is 19.0. The van der Waals surface area contributed by atoms with Gasteiger partial charge in [-0.1, -0.05) is 169 Å². The molecule has 0 aromatic heterocycles. The zero-order chi connectivity index (χ0) is 41.6. The van der Waals surface area contributed by atoms with E-state index in [0.29, 0.717) is 13.0 Å². The third-order valence-corrected chi connectivity index (χ3v) is 11.9. The minimum absolute atomic E-state index is 0.00557. The maximum atomic E-state index is 13.4. The summed E-state index contributed by atoms with van der Waals surface area (Å²) in [4.78, 5) is 28.4. The Morgan fingerprint density at radius 3 is 1.46 bits per heavy atom. The van der Waals surface area contributed by atoms with E-state index in [0.717, 1.165) is 96.7 Å². The summed E-state index contributed by atoms with van der Waals surface area (Å²) in [5, 5.41) is 9.38. The number of unbranched alkanes of at least 4 members (excludes halogenated alkanes) is 22. The van der Waals surface area contributed by atoms with E-state index in [2.05, 4.69) is 53.4 Å². The van der Waals surface area contributed by atoms with Crippen molar-refractivity contribution in [2.75, 3.05) is 32.8 Å². The van der Waals surface area contributed by atoms with Crippen LogP contribution < -0.4 is 0 Å². The van der Waals surface area contributed by atoms with Crippen LogP contribution in [-0.4, -0.2) is 60.9 Å². The second-order valence-electron chi connectivity index (χ2n) is 19.0. The maximum Gasteiger partial charge on any atom is 0.311 e. The molecule has 0 aliphatic rings. The zero-order valence-corrected chi connectivity index (χ0v) is 39.0. The minimum atomic E-state index is -0.439. The van der Waals surface area contributed by atoms with Gasteiger partial charge in [0.05, 0.1) is 12.0 Å². The lowest BCUT2D eigenvalue weighted by atomic mass is 9.86. The summed E-state index contributed by atoms with van der Waals surface area (Å²) < 4.78 is 12.0. The van der Waals surface area contributed by atoms with Crippen molar-refractivity contribution in [3.8, 4) is 0 Å². The number of hydrogen-bond acceptors (Lipinski definition) is 6. The quantitative estimate of drug-likeness (QED) is 0.0489. The number of rotatable bonds is 43. The Morgan fingerprint density at radius 2 is 0.946 bits per heavy atom. The highest BCUT2D eigenvalue weighted by Gasteiger charge is 2.31. The number of esters is 2. The molecule has 334 valence electrons. The summed E-state index contributed by atoms with van der Waals surface area (Å²) in [6, 6.07) is 0. The fourth-order valence-corrected chi connectivity index (χ4v) is 7.80. The highest BCUT2D eigenvalue weighted by Crippen LogP contribution is 2.29. The van der Waals surface area contributed by atoms with Gasteiger partial charge in [0.25, 0.3) is 0 Å². The van der Waals surface area contributed by atoms with Gasteiger partial charge in [-0.2, -0.15) is 0 Å². The number of ether oxygens (including phenoxy) is 2. The first-order valence-corrected chi connectivity index (χ1v) is 24.7. The fraction of sp³-hybridized carbons (Fsp3) is 0.960. The van der Waals surface area contributed by atoms with Crippen LogP contribution in [0.2, 0.25) is 0 Å². The third kappa shape index (κ3) is 34.9. The summed E-state index contributed by atoms with van der Waals surface area (Å²) in [5.74, 6) is -0.0332. The number of nitrogens with zero attached hydrogens (tertiary/aromatic N) is 1. The average Bonchev–Trinajstić information content (AvgIpc) is 3.17. The van der Waals surface area contributed by atoms with E-state index >= 15 is 0 Å². The van der Waals surface area contributed by atoms with Gasteiger partial charge in [0.15, 0.2) is 0 Å². The van der Waals surface area contributed by atoms with E-state index in [-0.39, 0.29) is 30.1 Å². The van der Waals surface area contributed by atoms with E-state index in [4.69, 9.17) is 9.47 Å². The SMILES string of the molecule is CCCCCCCCCCCC(=O)OCC(C)(C)CCCN(CCCCO)CCCCCCC(C)(C)C(=O)OC(CCCCCCCC)CCCCCCCC. The van der Waals surface area contributed by atoms with Crippen LogP contribution in [0.5, 0.6) is 0 Å². The van der Waals surface area contributed by atoms with Crippen LogP contribution in [0.25, 0.3) is 0 Å². The van der Waals surface area contributed by atoms with Crippen molar-refractivity contribution in [3.63, 3.8) is 0 Å². The Morgan fingerprint density at radius 1 is 0.518 bits per heavy atom. The molecule has 0 amide bonds. The van der Waals surface area contributed by atoms with Crippen molar-refractivity contribution >= 4 is 11.9 Å². The van der Waals surface area contributed by atoms with Crippen LogP contribution in [0.4, 0.5) is 0 Å². The van der Waals surface area contributed by atoms with Crippen molar-refractivity contribution in [1.29, 1.82) is 0 Å². The van der Waals surface area contributed by atoms with Gasteiger partial charge in [0.2, 0.25) is 0 Å². The van der Waals surface area contributed by atoms with Crippen molar-refractivity contribution in [2.24, 2.45) is 10.8 Å². The highest BCUT2D eigenvalue weighted by atomic mass is 16.5. The van der Waals surface area contributed by atoms with Gasteiger partial charge in [-0.05, 0) is 110 Å². The molecule has 0 saturated heterocycles. The maximum absolute atomic E-state index is 13.4. The summed E-state index contributed by atoms with van der Waals surface area (Å²) in [6.45, 7) is 19.3. The van der Waals surface area contributed by atoms with Crippen LogP contribution in [0.1, 0.15) is 260 Å². The van der Waals surface area contributed by atoms with Gasteiger partial charge in [-0.3, -0.25) is 9.59 Å². The molecule has 0 bridgehead atoms. The van der Waals surface area contributed by atoms with Crippen molar-refractivity contribution in [3.05, 3.63) is 0 Å². The topological polar surface area (TPSA) is 76.1 Å². The molecule has 0 fully saturated rings. The summed E-state index contributed by atoms with van der Waals surface area (Å²) in [6.07, 6.45) is 38.6. The Hall–Kier alpha value is -1.14. The normalized spacial score (nSPS) is 12.2. The van der Waals surface area contributed by atoms with Gasteiger partial charge in [-0.15, -0.1) is 0 Å². The molecule has 0 rings (SSSR count). The monoisotopic (exact) mass is 794 g/mol. The van der Waals surface area contributed by atoms with Crippen molar-refractivity contribution in [2.45, 2.75) is 266 Å². The van der Waals surface area contributed by atoms with Crippen LogP contribution in [0.15, 0.2) is 0 Å². The fourth-order valence-electron chi connectivity index (χ4n) is 7.80. The molecular weight excluding hydrogens is 695 g/mol. The largest absolute Gasteiger partial charge is 0.465 e. The molecule has 0 aliphatic carbocycles. The molecule has 0 unspecified atom stereocenters. The molecule has 0 heterocycles. The molecule has 0 aromatic rings. The third-order valence-electron chi connectivity index (χ3n) is 11.9. The molecule has 0 atom stereocenters. The predicted molar refractivity (Wildman–Crippen MR) is 241 cm³/mol. The van der Waals surface area contributed by atoms with Gasteiger partial charge in [0.1, 0.15) is 6.10 Å². The first-order chi connectivity index (χ1) is 27.0. The second kappa shape index (κ2) is 38.1. The average molecular weight is 794 g/mol. The molecule has 1 N–H and O–H groups in total. The predicted octanol–water partition coefficient (Wildman–Crippen LogP) is 14.7.